The van der Waals surface area contributed by atoms with Crippen LogP contribution in [0.2, 0.25) is 5.02 Å². The van der Waals surface area contributed by atoms with Crippen LogP contribution >= 0.6 is 11.6 Å². The number of carbonyl (C=O) groups is 1. The van der Waals surface area contributed by atoms with Crippen molar-refractivity contribution < 1.29 is 9.53 Å². The highest BCUT2D eigenvalue weighted by Gasteiger charge is 2.13. The molecule has 3 nitrogen and oxygen atoms in total. The molecule has 1 aromatic carbocycles. The molecule has 0 saturated heterocycles. The highest BCUT2D eigenvalue weighted by molar-refractivity contribution is 6.32. The van der Waals surface area contributed by atoms with Crippen molar-refractivity contribution in [2.75, 3.05) is 13.7 Å². The van der Waals surface area contributed by atoms with Gasteiger partial charge in [-0.2, -0.15) is 0 Å². The predicted molar refractivity (Wildman–Crippen MR) is 69.7 cm³/mol. The molecular weight excluding hydrogens is 238 g/mol. The number of ether oxygens (including phenoxy) is 1. The van der Waals surface area contributed by atoms with Gasteiger partial charge in [0.15, 0.2) is 0 Å². The molecule has 1 aromatic rings. The normalized spacial score (nSPS) is 12.2. The molecule has 0 bridgehead atoms. The van der Waals surface area contributed by atoms with Crippen molar-refractivity contribution in [1.82, 2.24) is 5.32 Å². The van der Waals surface area contributed by atoms with Crippen molar-refractivity contribution >= 4 is 17.4 Å². The van der Waals surface area contributed by atoms with Gasteiger partial charge in [0.05, 0.1) is 11.6 Å². The fraction of sp³-hybridized carbons (Fsp3) is 0.462. The second-order valence-electron chi connectivity index (χ2n) is 3.87. The molecule has 0 amide bonds. The zero-order valence-corrected chi connectivity index (χ0v) is 11.2. The molecule has 0 spiro atoms. The Morgan fingerprint density at radius 1 is 1.53 bits per heavy atom. The van der Waals surface area contributed by atoms with E-state index in [-0.39, 0.29) is 11.8 Å². The van der Waals surface area contributed by atoms with Gasteiger partial charge in [-0.05, 0) is 38.6 Å². The van der Waals surface area contributed by atoms with E-state index in [1.807, 2.05) is 32.2 Å². The monoisotopic (exact) mass is 255 g/mol. The average Bonchev–Trinajstić information content (AvgIpc) is 2.28. The first-order valence-electron chi connectivity index (χ1n) is 5.67. The minimum absolute atomic E-state index is 0.000626. The number of hydrogen-bond acceptors (Lipinski definition) is 3. The zero-order chi connectivity index (χ0) is 12.8. The molecule has 94 valence electrons. The van der Waals surface area contributed by atoms with Crippen molar-refractivity contribution in [2.45, 2.75) is 26.3 Å². The summed E-state index contributed by atoms with van der Waals surface area (Å²) < 4.78 is 5.37. The number of ketones is 1. The van der Waals surface area contributed by atoms with E-state index < -0.39 is 0 Å². The molecule has 0 fully saturated rings. The van der Waals surface area contributed by atoms with Crippen molar-refractivity contribution in [1.29, 1.82) is 0 Å². The van der Waals surface area contributed by atoms with E-state index in [4.69, 9.17) is 16.3 Å². The summed E-state index contributed by atoms with van der Waals surface area (Å²) in [7, 11) is 1.83. The third-order valence-electron chi connectivity index (χ3n) is 2.50. The number of rotatable bonds is 6. The fourth-order valence-electron chi connectivity index (χ4n) is 1.68. The SMILES string of the molecule is CCOc1ccc(C(CC(C)=O)NC)cc1Cl. The summed E-state index contributed by atoms with van der Waals surface area (Å²) in [6.07, 6.45) is 0.459. The van der Waals surface area contributed by atoms with Gasteiger partial charge in [0.25, 0.3) is 0 Å². The number of hydrogen-bond donors (Lipinski definition) is 1. The van der Waals surface area contributed by atoms with Crippen LogP contribution in [-0.2, 0) is 4.79 Å². The zero-order valence-electron chi connectivity index (χ0n) is 10.4. The van der Waals surface area contributed by atoms with Crippen LogP contribution in [0.5, 0.6) is 5.75 Å². The van der Waals surface area contributed by atoms with Crippen molar-refractivity contribution in [3.05, 3.63) is 28.8 Å². The number of carbonyl (C=O) groups excluding carboxylic acids is 1. The topological polar surface area (TPSA) is 38.3 Å². The first-order valence-corrected chi connectivity index (χ1v) is 6.05. The van der Waals surface area contributed by atoms with Crippen LogP contribution in [-0.4, -0.2) is 19.4 Å². The Kier molecular flexibility index (Phi) is 5.45. The lowest BCUT2D eigenvalue weighted by Gasteiger charge is -2.16. The van der Waals surface area contributed by atoms with Gasteiger partial charge in [-0.15, -0.1) is 0 Å². The fourth-order valence-corrected chi connectivity index (χ4v) is 1.92. The maximum absolute atomic E-state index is 11.1. The summed E-state index contributed by atoms with van der Waals surface area (Å²) in [6.45, 7) is 4.08. The molecule has 0 aliphatic carbocycles. The lowest BCUT2D eigenvalue weighted by atomic mass is 10.0. The van der Waals surface area contributed by atoms with Crippen LogP contribution < -0.4 is 10.1 Å². The van der Waals surface area contributed by atoms with E-state index in [0.29, 0.717) is 23.8 Å². The Labute approximate surface area is 107 Å². The summed E-state index contributed by atoms with van der Waals surface area (Å²) >= 11 is 6.11. The lowest BCUT2D eigenvalue weighted by Crippen LogP contribution is -2.18. The quantitative estimate of drug-likeness (QED) is 0.849. The highest BCUT2D eigenvalue weighted by atomic mass is 35.5. The van der Waals surface area contributed by atoms with Crippen molar-refractivity contribution in [3.63, 3.8) is 0 Å². The predicted octanol–water partition coefficient (Wildman–Crippen LogP) is 2.98. The largest absolute Gasteiger partial charge is 0.492 e. The minimum atomic E-state index is 0.000626. The number of halogens is 1. The van der Waals surface area contributed by atoms with Gasteiger partial charge < -0.3 is 10.1 Å². The Hall–Kier alpha value is -1.06. The van der Waals surface area contributed by atoms with Gasteiger partial charge in [-0.1, -0.05) is 17.7 Å². The first kappa shape index (κ1) is 14.0. The Morgan fingerprint density at radius 3 is 2.71 bits per heavy atom. The van der Waals surface area contributed by atoms with Crippen LogP contribution in [0.1, 0.15) is 31.9 Å². The maximum atomic E-state index is 11.1. The standard InChI is InChI=1S/C13H18ClNO2/c1-4-17-13-6-5-10(8-11(13)14)12(15-3)7-9(2)16/h5-6,8,12,15H,4,7H2,1-3H3. The van der Waals surface area contributed by atoms with Gasteiger partial charge in [0.2, 0.25) is 0 Å². The van der Waals surface area contributed by atoms with E-state index in [0.717, 1.165) is 5.56 Å². The smallest absolute Gasteiger partial charge is 0.137 e. The molecule has 0 aromatic heterocycles. The molecule has 1 rings (SSSR count). The minimum Gasteiger partial charge on any atom is -0.492 e. The molecule has 1 N–H and O–H groups in total. The molecular formula is C13H18ClNO2. The summed E-state index contributed by atoms with van der Waals surface area (Å²) in [6, 6.07) is 5.61. The van der Waals surface area contributed by atoms with Gasteiger partial charge >= 0.3 is 0 Å². The van der Waals surface area contributed by atoms with Crippen LogP contribution in [0.3, 0.4) is 0 Å². The van der Waals surface area contributed by atoms with Crippen molar-refractivity contribution in [3.8, 4) is 5.75 Å². The van der Waals surface area contributed by atoms with E-state index in [2.05, 4.69) is 5.32 Å². The first-order chi connectivity index (χ1) is 8.08. The second-order valence-corrected chi connectivity index (χ2v) is 4.28. The molecule has 0 heterocycles. The maximum Gasteiger partial charge on any atom is 0.137 e. The van der Waals surface area contributed by atoms with E-state index >= 15 is 0 Å². The van der Waals surface area contributed by atoms with E-state index in [1.165, 1.54) is 0 Å². The lowest BCUT2D eigenvalue weighted by molar-refractivity contribution is -0.117. The van der Waals surface area contributed by atoms with Gasteiger partial charge in [-0.25, -0.2) is 0 Å². The molecule has 17 heavy (non-hydrogen) atoms. The van der Waals surface area contributed by atoms with E-state index in [1.54, 1.807) is 6.92 Å². The van der Waals surface area contributed by atoms with Crippen molar-refractivity contribution in [2.24, 2.45) is 0 Å². The van der Waals surface area contributed by atoms with Crippen LogP contribution in [0.15, 0.2) is 18.2 Å². The molecule has 0 radical (unpaired) electrons. The van der Waals surface area contributed by atoms with Gasteiger partial charge in [0, 0.05) is 12.5 Å². The molecule has 1 unspecified atom stereocenters. The summed E-state index contributed by atoms with van der Waals surface area (Å²) in [5, 5.41) is 3.69. The summed E-state index contributed by atoms with van der Waals surface area (Å²) in [5.74, 6) is 0.824. The number of nitrogens with one attached hydrogen (secondary N) is 1. The average molecular weight is 256 g/mol. The third-order valence-corrected chi connectivity index (χ3v) is 2.79. The van der Waals surface area contributed by atoms with Crippen LogP contribution in [0.4, 0.5) is 0 Å². The summed E-state index contributed by atoms with van der Waals surface area (Å²) in [4.78, 5) is 11.1. The molecule has 1 atom stereocenters. The van der Waals surface area contributed by atoms with Crippen LogP contribution in [0, 0.1) is 0 Å². The molecule has 0 aliphatic rings. The van der Waals surface area contributed by atoms with E-state index in [9.17, 15) is 4.79 Å². The Balaban J connectivity index is 2.90. The number of Topliss-reactive ketones (excluding diaryl/α,β-unsaturated/α-hetero) is 1. The summed E-state index contributed by atoms with van der Waals surface area (Å²) in [5.41, 5.74) is 0.996. The van der Waals surface area contributed by atoms with Crippen LogP contribution in [0.25, 0.3) is 0 Å². The van der Waals surface area contributed by atoms with Gasteiger partial charge in [0.1, 0.15) is 11.5 Å². The Morgan fingerprint density at radius 2 is 2.24 bits per heavy atom. The molecule has 0 aliphatic heterocycles. The number of benzene rings is 1. The van der Waals surface area contributed by atoms with Gasteiger partial charge in [-0.3, -0.25) is 4.79 Å². The highest BCUT2D eigenvalue weighted by Crippen LogP contribution is 2.28. The Bertz CT molecular complexity index is 393. The second kappa shape index (κ2) is 6.62. The third kappa shape index (κ3) is 4.02. The molecule has 4 heteroatoms. The molecule has 0 saturated carbocycles.